The van der Waals surface area contributed by atoms with Gasteiger partial charge in [0.25, 0.3) is 0 Å². The topological polar surface area (TPSA) is 165 Å². The summed E-state index contributed by atoms with van der Waals surface area (Å²) in [4.78, 5) is 43.7. The molecule has 45 heavy (non-hydrogen) atoms. The van der Waals surface area contributed by atoms with Crippen LogP contribution in [-0.4, -0.2) is 56.5 Å². The Kier molecular flexibility index (Phi) is 9.43. The highest BCUT2D eigenvalue weighted by Crippen LogP contribution is 2.39. The highest BCUT2D eigenvalue weighted by Gasteiger charge is 2.32. The molecule has 2 amide bonds. The van der Waals surface area contributed by atoms with E-state index in [1.54, 1.807) is 17.4 Å². The summed E-state index contributed by atoms with van der Waals surface area (Å²) in [6.07, 6.45) is -0.0467. The maximum atomic E-state index is 13.2. The summed E-state index contributed by atoms with van der Waals surface area (Å²) < 4.78 is 1.97. The number of thiophene rings is 1. The molecule has 0 saturated heterocycles. The summed E-state index contributed by atoms with van der Waals surface area (Å²) >= 11 is 7.80. The van der Waals surface area contributed by atoms with E-state index in [9.17, 15) is 19.5 Å². The van der Waals surface area contributed by atoms with Crippen LogP contribution >= 0.6 is 22.9 Å². The van der Waals surface area contributed by atoms with Crippen LogP contribution in [0.2, 0.25) is 5.02 Å². The van der Waals surface area contributed by atoms with Crippen molar-refractivity contribution in [1.82, 2.24) is 20.1 Å². The van der Waals surface area contributed by atoms with Crippen LogP contribution in [0.5, 0.6) is 0 Å². The van der Waals surface area contributed by atoms with Crippen molar-refractivity contribution in [2.24, 2.45) is 10.7 Å². The largest absolute Gasteiger partial charge is 0.478 e. The van der Waals surface area contributed by atoms with Gasteiger partial charge in [-0.1, -0.05) is 35.6 Å². The molecule has 0 spiro atoms. The molecule has 5 rings (SSSR count). The van der Waals surface area contributed by atoms with E-state index in [1.165, 1.54) is 12.1 Å². The highest BCUT2D eigenvalue weighted by atomic mass is 35.5. The predicted octanol–water partition coefficient (Wildman–Crippen LogP) is 4.34. The predicted molar refractivity (Wildman–Crippen MR) is 173 cm³/mol. The fraction of sp³-hybridized carbons (Fsp3) is 0.250. The smallest absolute Gasteiger partial charge is 0.337 e. The maximum Gasteiger partial charge on any atom is 0.337 e. The van der Waals surface area contributed by atoms with Crippen LogP contribution in [0.3, 0.4) is 0 Å². The minimum Gasteiger partial charge on any atom is -0.478 e. The summed E-state index contributed by atoms with van der Waals surface area (Å²) in [6, 6.07) is 11.2. The Morgan fingerprint density at radius 2 is 1.84 bits per heavy atom. The van der Waals surface area contributed by atoms with Crippen LogP contribution in [0.25, 0.3) is 5.00 Å². The third-order valence-electron chi connectivity index (χ3n) is 7.27. The molecule has 230 valence electrons. The normalized spacial score (nSPS) is 13.4. The number of aromatic carboxylic acids is 1. The van der Waals surface area contributed by atoms with Crippen molar-refractivity contribution in [1.29, 1.82) is 0 Å². The summed E-state index contributed by atoms with van der Waals surface area (Å²) in [5.41, 5.74) is 9.60. The van der Waals surface area contributed by atoms with E-state index in [4.69, 9.17) is 22.3 Å². The number of nitrogens with zero attached hydrogens (tertiary/aromatic N) is 4. The Morgan fingerprint density at radius 3 is 2.56 bits per heavy atom. The van der Waals surface area contributed by atoms with Crippen molar-refractivity contribution < 1.29 is 19.5 Å². The van der Waals surface area contributed by atoms with Gasteiger partial charge in [0, 0.05) is 45.2 Å². The van der Waals surface area contributed by atoms with E-state index < -0.39 is 17.9 Å². The molecule has 0 aliphatic carbocycles. The Bertz CT molecular complexity index is 1900. The minimum atomic E-state index is -1.17. The van der Waals surface area contributed by atoms with Crippen molar-refractivity contribution in [2.45, 2.75) is 39.7 Å². The first-order valence-electron chi connectivity index (χ1n) is 14.1. The number of fused-ring (bicyclic) bond motifs is 3. The average molecular weight is 644 g/mol. The molecule has 0 radical (unpaired) electrons. The molecule has 0 unspecified atom stereocenters. The lowest BCUT2D eigenvalue weighted by Crippen LogP contribution is -2.29. The Labute approximate surface area is 268 Å². The van der Waals surface area contributed by atoms with Gasteiger partial charge in [0.1, 0.15) is 16.9 Å². The van der Waals surface area contributed by atoms with Crippen molar-refractivity contribution >= 4 is 52.1 Å². The number of aryl methyl sites for hydroxylation is 2. The molecule has 1 aliphatic rings. The number of aliphatic imine (C=N–C) groups is 1. The lowest BCUT2D eigenvalue weighted by atomic mass is 9.99. The SMILES string of the molecule is Cc1sc2c(c1C)C(c1ccc(Cl)cc1)=N[C@@H](CC(=O)NCCC(=O)Nc1ccc(C#CCN)c(C(=O)O)c1)c1nnc(C)n1-2. The molecule has 3 heterocycles. The van der Waals surface area contributed by atoms with Crippen molar-refractivity contribution in [3.63, 3.8) is 0 Å². The first-order chi connectivity index (χ1) is 21.6. The van der Waals surface area contributed by atoms with E-state index in [1.807, 2.05) is 35.8 Å². The van der Waals surface area contributed by atoms with E-state index in [2.05, 4.69) is 46.5 Å². The number of halogens is 1. The number of carboxylic acids is 1. The van der Waals surface area contributed by atoms with Gasteiger partial charge in [-0.15, -0.1) is 21.5 Å². The fourth-order valence-corrected chi connectivity index (χ4v) is 6.31. The summed E-state index contributed by atoms with van der Waals surface area (Å²) in [7, 11) is 0. The molecule has 13 heteroatoms. The summed E-state index contributed by atoms with van der Waals surface area (Å²) in [5.74, 6) is 4.70. The monoisotopic (exact) mass is 643 g/mol. The molecule has 0 saturated carbocycles. The molecule has 5 N–H and O–H groups in total. The molecule has 2 aromatic heterocycles. The van der Waals surface area contributed by atoms with Crippen LogP contribution < -0.4 is 16.4 Å². The van der Waals surface area contributed by atoms with E-state index in [0.717, 1.165) is 32.3 Å². The zero-order valence-corrected chi connectivity index (χ0v) is 26.3. The Morgan fingerprint density at radius 1 is 1.09 bits per heavy atom. The van der Waals surface area contributed by atoms with Gasteiger partial charge < -0.3 is 21.5 Å². The zero-order valence-electron chi connectivity index (χ0n) is 24.8. The van der Waals surface area contributed by atoms with Crippen LogP contribution in [0.4, 0.5) is 5.69 Å². The van der Waals surface area contributed by atoms with Gasteiger partial charge in [0.2, 0.25) is 11.8 Å². The lowest BCUT2D eigenvalue weighted by Gasteiger charge is -2.13. The Balaban J connectivity index is 1.31. The van der Waals surface area contributed by atoms with Crippen molar-refractivity contribution in [3.05, 3.63) is 91.8 Å². The third-order valence-corrected chi connectivity index (χ3v) is 8.71. The van der Waals surface area contributed by atoms with Gasteiger partial charge in [-0.3, -0.25) is 19.1 Å². The van der Waals surface area contributed by atoms with Gasteiger partial charge in [0.15, 0.2) is 5.82 Å². The zero-order chi connectivity index (χ0) is 32.2. The number of aromatic nitrogens is 3. The number of nitrogens with one attached hydrogen (secondary N) is 2. The summed E-state index contributed by atoms with van der Waals surface area (Å²) in [5, 5.41) is 25.3. The number of carboxylic acid groups (broad SMARTS) is 1. The standard InChI is InChI=1S/C32H30ClN7O4S/c1-17-18(2)45-31-28(17)29(21-6-9-22(33)10-7-21)37-25(30-39-38-19(3)40(30)31)16-27(42)35-14-12-26(41)36-23-11-8-20(5-4-13-34)24(15-23)32(43)44/h6-11,15,25H,12-14,16,34H2,1-3H3,(H,35,42)(H,36,41)(H,43,44)/t25-/m0/s1. The number of hydrogen-bond donors (Lipinski definition) is 4. The number of benzene rings is 2. The first-order valence-corrected chi connectivity index (χ1v) is 15.3. The van der Waals surface area contributed by atoms with Gasteiger partial charge >= 0.3 is 5.97 Å². The quantitative estimate of drug-likeness (QED) is 0.207. The average Bonchev–Trinajstić information content (AvgIpc) is 3.48. The first kappa shape index (κ1) is 31.6. The molecule has 0 bridgehead atoms. The lowest BCUT2D eigenvalue weighted by molar-refractivity contribution is -0.121. The number of rotatable bonds is 8. The maximum absolute atomic E-state index is 13.2. The molecule has 1 aliphatic heterocycles. The van der Waals surface area contributed by atoms with Crippen LogP contribution in [-0.2, 0) is 9.59 Å². The van der Waals surface area contributed by atoms with E-state index in [-0.39, 0.29) is 37.4 Å². The highest BCUT2D eigenvalue weighted by molar-refractivity contribution is 7.15. The molecular formula is C32H30ClN7O4S. The van der Waals surface area contributed by atoms with Crippen molar-refractivity contribution in [2.75, 3.05) is 18.4 Å². The number of carbonyl (C=O) groups excluding carboxylic acids is 2. The van der Waals surface area contributed by atoms with Gasteiger partial charge in [-0.25, -0.2) is 4.79 Å². The molecule has 1 atom stereocenters. The second-order valence-electron chi connectivity index (χ2n) is 10.3. The van der Waals surface area contributed by atoms with Gasteiger partial charge in [-0.05, 0) is 56.7 Å². The van der Waals surface area contributed by atoms with Crippen LogP contribution in [0.15, 0.2) is 47.5 Å². The second-order valence-corrected chi connectivity index (χ2v) is 12.0. The Hall–Kier alpha value is -4.83. The second kappa shape index (κ2) is 13.4. The van der Waals surface area contributed by atoms with Crippen LogP contribution in [0.1, 0.15) is 68.0 Å². The number of amides is 2. The number of anilines is 1. The summed E-state index contributed by atoms with van der Waals surface area (Å²) in [6.45, 7) is 6.14. The molecule has 2 aromatic carbocycles. The third kappa shape index (κ3) is 6.81. The molecule has 4 aromatic rings. The molecular weight excluding hydrogens is 614 g/mol. The van der Waals surface area contributed by atoms with Crippen molar-refractivity contribution in [3.8, 4) is 16.8 Å². The minimum absolute atomic E-state index is 0.0168. The number of carbonyl (C=O) groups is 3. The van der Waals surface area contributed by atoms with Gasteiger partial charge in [0.05, 0.1) is 24.2 Å². The molecule has 0 fully saturated rings. The molecule has 11 nitrogen and oxygen atoms in total. The number of nitrogens with two attached hydrogens (primary N) is 1. The van der Waals surface area contributed by atoms with E-state index in [0.29, 0.717) is 27.9 Å². The number of hydrogen-bond acceptors (Lipinski definition) is 8. The fourth-order valence-electron chi connectivity index (χ4n) is 4.97. The van der Waals surface area contributed by atoms with Gasteiger partial charge in [-0.2, -0.15) is 0 Å². The van der Waals surface area contributed by atoms with E-state index >= 15 is 0 Å². The van der Waals surface area contributed by atoms with Crippen LogP contribution in [0, 0.1) is 32.6 Å².